The lowest BCUT2D eigenvalue weighted by molar-refractivity contribution is -0.132. The molecular formula is C20H22N4O3. The highest BCUT2D eigenvalue weighted by Gasteiger charge is 2.34. The fourth-order valence-corrected chi connectivity index (χ4v) is 4.03. The first-order chi connectivity index (χ1) is 13.0. The van der Waals surface area contributed by atoms with Crippen LogP contribution < -0.4 is 5.56 Å². The molecule has 0 spiro atoms. The van der Waals surface area contributed by atoms with Crippen molar-refractivity contribution in [1.29, 1.82) is 0 Å². The van der Waals surface area contributed by atoms with Gasteiger partial charge in [-0.05, 0) is 45.7 Å². The third-order valence-electron chi connectivity index (χ3n) is 5.30. The van der Waals surface area contributed by atoms with E-state index < -0.39 is 0 Å². The van der Waals surface area contributed by atoms with Gasteiger partial charge in [0.25, 0.3) is 5.56 Å². The fraction of sp³-hybridized carbons (Fsp3) is 0.400. The summed E-state index contributed by atoms with van der Waals surface area (Å²) in [6.07, 6.45) is 1.80. The van der Waals surface area contributed by atoms with Gasteiger partial charge in [-0.3, -0.25) is 14.2 Å². The molecular weight excluding hydrogens is 344 g/mol. The average molecular weight is 366 g/mol. The molecule has 3 aromatic rings. The topological polar surface area (TPSA) is 81.2 Å². The summed E-state index contributed by atoms with van der Waals surface area (Å²) in [5.74, 6) is 0.676. The van der Waals surface area contributed by atoms with Crippen LogP contribution in [0.15, 0.2) is 33.6 Å². The second-order valence-corrected chi connectivity index (χ2v) is 7.06. The molecule has 1 atom stereocenters. The second kappa shape index (κ2) is 6.64. The minimum Gasteiger partial charge on any atom is -0.361 e. The monoisotopic (exact) mass is 366 g/mol. The van der Waals surface area contributed by atoms with Crippen molar-refractivity contribution in [3.63, 3.8) is 0 Å². The van der Waals surface area contributed by atoms with Crippen molar-refractivity contribution in [3.8, 4) is 0 Å². The van der Waals surface area contributed by atoms with E-state index in [0.29, 0.717) is 23.3 Å². The van der Waals surface area contributed by atoms with E-state index in [1.54, 1.807) is 6.92 Å². The first kappa shape index (κ1) is 17.5. The Morgan fingerprint density at radius 3 is 2.74 bits per heavy atom. The molecule has 0 saturated carbocycles. The zero-order valence-electron chi connectivity index (χ0n) is 15.7. The molecule has 1 fully saturated rings. The van der Waals surface area contributed by atoms with Gasteiger partial charge in [-0.25, -0.2) is 4.98 Å². The molecule has 0 aliphatic carbocycles. The Labute approximate surface area is 156 Å². The molecule has 0 radical (unpaired) electrons. The minimum atomic E-state index is -0.227. The van der Waals surface area contributed by atoms with Crippen LogP contribution in [0.5, 0.6) is 0 Å². The highest BCUT2D eigenvalue weighted by atomic mass is 16.5. The van der Waals surface area contributed by atoms with Gasteiger partial charge in [0.2, 0.25) is 5.91 Å². The van der Waals surface area contributed by atoms with Crippen LogP contribution in [-0.4, -0.2) is 32.1 Å². The van der Waals surface area contributed by atoms with Gasteiger partial charge in [0.15, 0.2) is 0 Å². The van der Waals surface area contributed by atoms with Crippen molar-refractivity contribution in [2.75, 3.05) is 6.54 Å². The molecule has 0 unspecified atom stereocenters. The number of carbonyl (C=O) groups excluding carboxylic acids is 1. The van der Waals surface area contributed by atoms with Crippen LogP contribution in [0.2, 0.25) is 0 Å². The molecule has 3 heterocycles. The molecule has 140 valence electrons. The van der Waals surface area contributed by atoms with Crippen molar-refractivity contribution in [2.45, 2.75) is 46.2 Å². The molecule has 1 aliphatic rings. The largest absolute Gasteiger partial charge is 0.361 e. The zero-order valence-corrected chi connectivity index (χ0v) is 15.7. The van der Waals surface area contributed by atoms with Gasteiger partial charge < -0.3 is 9.42 Å². The number of likely N-dealkylation sites (tertiary alicyclic amines) is 1. The predicted octanol–water partition coefficient (Wildman–Crippen LogP) is 2.67. The number of aryl methyl sites for hydroxylation is 3. The minimum absolute atomic E-state index is 0.00256. The SMILES string of the molecule is Cc1noc(C)c1[C@@H]1CCCN1C(=O)Cn1c(=O)c(C)nc2ccccc21. The molecule has 0 N–H and O–H groups in total. The number of hydrogen-bond donors (Lipinski definition) is 0. The van der Waals surface area contributed by atoms with E-state index >= 15 is 0 Å². The Bertz CT molecular complexity index is 1060. The maximum atomic E-state index is 13.1. The normalized spacial score (nSPS) is 17.0. The molecule has 4 rings (SSSR count). The van der Waals surface area contributed by atoms with Gasteiger partial charge in [-0.2, -0.15) is 0 Å². The Kier molecular flexibility index (Phi) is 4.30. The number of benzene rings is 1. The molecule has 1 aromatic carbocycles. The number of nitrogens with zero attached hydrogens (tertiary/aromatic N) is 4. The highest BCUT2D eigenvalue weighted by Crippen LogP contribution is 2.35. The summed E-state index contributed by atoms with van der Waals surface area (Å²) >= 11 is 0. The van der Waals surface area contributed by atoms with E-state index in [1.807, 2.05) is 43.0 Å². The van der Waals surface area contributed by atoms with Crippen LogP contribution in [0.25, 0.3) is 11.0 Å². The lowest BCUT2D eigenvalue weighted by Gasteiger charge is -2.25. The van der Waals surface area contributed by atoms with Crippen molar-refractivity contribution in [2.24, 2.45) is 0 Å². The number of carbonyl (C=O) groups is 1. The first-order valence-electron chi connectivity index (χ1n) is 9.16. The molecule has 1 aliphatic heterocycles. The number of amides is 1. The van der Waals surface area contributed by atoms with Gasteiger partial charge in [-0.1, -0.05) is 17.3 Å². The molecule has 1 saturated heterocycles. The molecule has 7 heteroatoms. The maximum absolute atomic E-state index is 13.1. The Hall–Kier alpha value is -2.96. The number of fused-ring (bicyclic) bond motifs is 1. The molecule has 27 heavy (non-hydrogen) atoms. The van der Waals surface area contributed by atoms with Crippen molar-refractivity contribution >= 4 is 16.9 Å². The van der Waals surface area contributed by atoms with Crippen LogP contribution in [-0.2, 0) is 11.3 Å². The average Bonchev–Trinajstić information content (AvgIpc) is 3.25. The fourth-order valence-electron chi connectivity index (χ4n) is 4.03. The summed E-state index contributed by atoms with van der Waals surface area (Å²) in [7, 11) is 0. The van der Waals surface area contributed by atoms with Crippen molar-refractivity contribution in [3.05, 3.63) is 57.3 Å². The third kappa shape index (κ3) is 2.93. The lowest BCUT2D eigenvalue weighted by Crippen LogP contribution is -2.37. The van der Waals surface area contributed by atoms with Crippen molar-refractivity contribution < 1.29 is 9.32 Å². The summed E-state index contributed by atoms with van der Waals surface area (Å²) in [5, 5.41) is 4.03. The lowest BCUT2D eigenvalue weighted by atomic mass is 10.0. The van der Waals surface area contributed by atoms with E-state index in [-0.39, 0.29) is 24.1 Å². The van der Waals surface area contributed by atoms with E-state index in [9.17, 15) is 9.59 Å². The third-order valence-corrected chi connectivity index (χ3v) is 5.30. The van der Waals surface area contributed by atoms with E-state index in [1.165, 1.54) is 4.57 Å². The van der Waals surface area contributed by atoms with E-state index in [2.05, 4.69) is 10.1 Å². The summed E-state index contributed by atoms with van der Waals surface area (Å²) in [5.41, 5.74) is 3.37. The number of hydrogen-bond acceptors (Lipinski definition) is 5. The van der Waals surface area contributed by atoms with Gasteiger partial charge in [-0.15, -0.1) is 0 Å². The van der Waals surface area contributed by atoms with Crippen LogP contribution in [0, 0.1) is 20.8 Å². The Morgan fingerprint density at radius 1 is 1.22 bits per heavy atom. The van der Waals surface area contributed by atoms with Crippen LogP contribution in [0.1, 0.15) is 41.6 Å². The van der Waals surface area contributed by atoms with Gasteiger partial charge in [0, 0.05) is 12.1 Å². The van der Waals surface area contributed by atoms with Crippen LogP contribution in [0.4, 0.5) is 0 Å². The summed E-state index contributed by atoms with van der Waals surface area (Å²) in [6.45, 7) is 6.13. The quantitative estimate of drug-likeness (QED) is 0.712. The van der Waals surface area contributed by atoms with Crippen LogP contribution in [0.3, 0.4) is 0 Å². The Balaban J connectivity index is 1.70. The summed E-state index contributed by atoms with van der Waals surface area (Å²) in [4.78, 5) is 32.0. The smallest absolute Gasteiger partial charge is 0.272 e. The van der Waals surface area contributed by atoms with Crippen molar-refractivity contribution in [1.82, 2.24) is 19.6 Å². The highest BCUT2D eigenvalue weighted by molar-refractivity contribution is 5.80. The van der Waals surface area contributed by atoms with E-state index in [4.69, 9.17) is 4.52 Å². The second-order valence-electron chi connectivity index (χ2n) is 7.06. The van der Waals surface area contributed by atoms with Crippen LogP contribution >= 0.6 is 0 Å². The summed E-state index contributed by atoms with van der Waals surface area (Å²) in [6, 6.07) is 7.35. The predicted molar refractivity (Wildman–Crippen MR) is 100 cm³/mol. The van der Waals surface area contributed by atoms with Gasteiger partial charge >= 0.3 is 0 Å². The Morgan fingerprint density at radius 2 is 2.00 bits per heavy atom. The van der Waals surface area contributed by atoms with Gasteiger partial charge in [0.1, 0.15) is 18.0 Å². The number of aromatic nitrogens is 3. The molecule has 2 aromatic heterocycles. The van der Waals surface area contributed by atoms with Gasteiger partial charge in [0.05, 0.1) is 22.8 Å². The zero-order chi connectivity index (χ0) is 19.1. The molecule has 1 amide bonds. The first-order valence-corrected chi connectivity index (χ1v) is 9.16. The summed E-state index contributed by atoms with van der Waals surface area (Å²) < 4.78 is 6.83. The maximum Gasteiger partial charge on any atom is 0.272 e. The standard InChI is InChI=1S/C20H22N4O3/c1-12-19(14(3)27-22-12)17-9-6-10-23(17)18(25)11-24-16-8-5-4-7-15(16)21-13(2)20(24)26/h4-5,7-8,17H,6,9-11H2,1-3H3/t17-/m0/s1. The van der Waals surface area contributed by atoms with E-state index in [0.717, 1.165) is 29.9 Å². The molecule has 7 nitrogen and oxygen atoms in total. The number of para-hydroxylation sites is 2. The molecule has 0 bridgehead atoms. The number of rotatable bonds is 3.